The molecule has 0 bridgehead atoms. The van der Waals surface area contributed by atoms with E-state index < -0.39 is 11.9 Å². The van der Waals surface area contributed by atoms with Crippen LogP contribution in [0.4, 0.5) is 0 Å². The van der Waals surface area contributed by atoms with E-state index in [4.69, 9.17) is 15.3 Å². The van der Waals surface area contributed by atoms with Gasteiger partial charge in [-0.3, -0.25) is 5.10 Å². The number of aromatic amines is 1. The number of carboxylic acid groups (broad SMARTS) is 2. The number of nitrogens with one attached hydrogen (secondary N) is 1. The van der Waals surface area contributed by atoms with Crippen molar-refractivity contribution in [1.29, 1.82) is 0 Å². The SMILES string of the molecule is Cc1cc(C(=O)O)cc(C(=O)O)c1.Oc1cc[nH]n1. The van der Waals surface area contributed by atoms with Crippen molar-refractivity contribution in [2.75, 3.05) is 0 Å². The van der Waals surface area contributed by atoms with Crippen molar-refractivity contribution in [2.24, 2.45) is 0 Å². The Morgan fingerprint density at radius 1 is 1.11 bits per heavy atom. The van der Waals surface area contributed by atoms with Gasteiger partial charge >= 0.3 is 11.9 Å². The number of carbonyl (C=O) groups is 2. The summed E-state index contributed by atoms with van der Waals surface area (Å²) in [7, 11) is 0. The maximum absolute atomic E-state index is 10.5. The van der Waals surface area contributed by atoms with Gasteiger partial charge in [0.25, 0.3) is 0 Å². The molecular weight excluding hydrogens is 252 g/mol. The third-order valence-corrected chi connectivity index (χ3v) is 2.06. The molecule has 0 aliphatic rings. The van der Waals surface area contributed by atoms with Crippen LogP contribution in [0.1, 0.15) is 26.3 Å². The molecule has 100 valence electrons. The lowest BCUT2D eigenvalue weighted by Gasteiger charge is -1.99. The van der Waals surface area contributed by atoms with E-state index in [0.717, 1.165) is 6.07 Å². The van der Waals surface area contributed by atoms with Crippen LogP contribution in [0.2, 0.25) is 0 Å². The van der Waals surface area contributed by atoms with Crippen LogP contribution in [0.3, 0.4) is 0 Å². The molecule has 1 aromatic heterocycles. The topological polar surface area (TPSA) is 124 Å². The molecule has 0 aliphatic heterocycles. The lowest BCUT2D eigenvalue weighted by molar-refractivity contribution is 0.0696. The van der Waals surface area contributed by atoms with Crippen LogP contribution in [0.15, 0.2) is 30.5 Å². The third-order valence-electron chi connectivity index (χ3n) is 2.06. The molecule has 0 fully saturated rings. The van der Waals surface area contributed by atoms with E-state index in [1.807, 2.05) is 0 Å². The molecule has 0 spiro atoms. The van der Waals surface area contributed by atoms with E-state index in [2.05, 4.69) is 10.2 Å². The molecule has 1 heterocycles. The van der Waals surface area contributed by atoms with Gasteiger partial charge in [0.1, 0.15) is 0 Å². The molecule has 0 radical (unpaired) electrons. The highest BCUT2D eigenvalue weighted by atomic mass is 16.4. The van der Waals surface area contributed by atoms with Crippen molar-refractivity contribution >= 4 is 11.9 Å². The quantitative estimate of drug-likeness (QED) is 0.651. The van der Waals surface area contributed by atoms with Crippen molar-refractivity contribution in [3.63, 3.8) is 0 Å². The van der Waals surface area contributed by atoms with Gasteiger partial charge in [-0.25, -0.2) is 9.59 Å². The van der Waals surface area contributed by atoms with Gasteiger partial charge in [0.05, 0.1) is 11.1 Å². The Morgan fingerprint density at radius 3 is 1.89 bits per heavy atom. The number of aromatic carboxylic acids is 2. The normalized spacial score (nSPS) is 9.32. The zero-order valence-corrected chi connectivity index (χ0v) is 9.99. The summed E-state index contributed by atoms with van der Waals surface area (Å²) in [5, 5.41) is 31.4. The smallest absolute Gasteiger partial charge is 0.335 e. The van der Waals surface area contributed by atoms with Crippen LogP contribution >= 0.6 is 0 Å². The summed E-state index contributed by atoms with van der Waals surface area (Å²) < 4.78 is 0. The second-order valence-corrected chi connectivity index (χ2v) is 3.63. The molecule has 0 amide bonds. The summed E-state index contributed by atoms with van der Waals surface area (Å²) in [5.74, 6) is -2.20. The largest absolute Gasteiger partial charge is 0.492 e. The number of nitrogens with zero attached hydrogens (tertiary/aromatic N) is 1. The van der Waals surface area contributed by atoms with E-state index in [1.165, 1.54) is 18.2 Å². The number of benzene rings is 1. The maximum Gasteiger partial charge on any atom is 0.335 e. The lowest BCUT2D eigenvalue weighted by atomic mass is 10.1. The average Bonchev–Trinajstić information content (AvgIpc) is 2.80. The molecule has 19 heavy (non-hydrogen) atoms. The molecule has 7 heteroatoms. The van der Waals surface area contributed by atoms with E-state index >= 15 is 0 Å². The number of hydrogen-bond donors (Lipinski definition) is 4. The fourth-order valence-corrected chi connectivity index (χ4v) is 1.28. The monoisotopic (exact) mass is 264 g/mol. The van der Waals surface area contributed by atoms with Crippen LogP contribution in [0.25, 0.3) is 0 Å². The summed E-state index contributed by atoms with van der Waals surface area (Å²) in [6, 6.07) is 5.46. The number of hydrogen-bond acceptors (Lipinski definition) is 4. The fourth-order valence-electron chi connectivity index (χ4n) is 1.28. The van der Waals surface area contributed by atoms with Gasteiger partial charge < -0.3 is 15.3 Å². The maximum atomic E-state index is 10.5. The standard InChI is InChI=1S/C9H8O4.C3H4N2O/c1-5-2-6(8(10)11)4-7(3-5)9(12)13;6-3-1-2-4-5-3/h2-4H,1H3,(H,10,11)(H,12,13);1-2H,(H2,4,5,6). The van der Waals surface area contributed by atoms with Crippen molar-refractivity contribution in [2.45, 2.75) is 6.92 Å². The number of H-pyrrole nitrogens is 1. The van der Waals surface area contributed by atoms with Crippen molar-refractivity contribution < 1.29 is 24.9 Å². The number of carboxylic acids is 2. The summed E-state index contributed by atoms with van der Waals surface area (Å²) >= 11 is 0. The lowest BCUT2D eigenvalue weighted by Crippen LogP contribution is -2.02. The van der Waals surface area contributed by atoms with Crippen molar-refractivity contribution in [3.05, 3.63) is 47.2 Å². The van der Waals surface area contributed by atoms with Crippen molar-refractivity contribution in [1.82, 2.24) is 10.2 Å². The first-order valence-corrected chi connectivity index (χ1v) is 5.17. The van der Waals surface area contributed by atoms with E-state index in [9.17, 15) is 9.59 Å². The highest BCUT2D eigenvalue weighted by molar-refractivity contribution is 5.94. The molecule has 0 unspecified atom stereocenters. The van der Waals surface area contributed by atoms with Crippen LogP contribution < -0.4 is 0 Å². The first kappa shape index (κ1) is 14.2. The predicted octanol–water partition coefficient (Wildman–Crippen LogP) is 1.51. The van der Waals surface area contributed by atoms with Gasteiger partial charge in [-0.1, -0.05) is 0 Å². The summed E-state index contributed by atoms with van der Waals surface area (Å²) in [6.45, 7) is 1.65. The highest BCUT2D eigenvalue weighted by Crippen LogP contribution is 2.09. The molecular formula is C12H12N2O5. The van der Waals surface area contributed by atoms with E-state index in [1.54, 1.807) is 13.1 Å². The molecule has 0 saturated heterocycles. The number of aromatic hydroxyl groups is 1. The number of aromatic nitrogens is 2. The molecule has 7 nitrogen and oxygen atoms in total. The summed E-state index contributed by atoms with van der Waals surface area (Å²) in [4.78, 5) is 21.1. The zero-order valence-electron chi connectivity index (χ0n) is 9.99. The Morgan fingerprint density at radius 2 is 1.63 bits per heavy atom. The van der Waals surface area contributed by atoms with Gasteiger partial charge in [-0.2, -0.15) is 0 Å². The summed E-state index contributed by atoms with van der Waals surface area (Å²) in [5.41, 5.74) is 0.618. The Hall–Kier alpha value is -2.83. The second-order valence-electron chi connectivity index (χ2n) is 3.63. The van der Waals surface area contributed by atoms with Crippen LogP contribution in [0, 0.1) is 6.92 Å². The minimum absolute atomic E-state index is 0.00241. The van der Waals surface area contributed by atoms with Crippen molar-refractivity contribution in [3.8, 4) is 5.88 Å². The zero-order chi connectivity index (χ0) is 14.4. The first-order valence-electron chi connectivity index (χ1n) is 5.17. The van der Waals surface area contributed by atoms with Crippen LogP contribution in [-0.2, 0) is 0 Å². The Balaban J connectivity index is 0.000000250. The minimum atomic E-state index is -1.12. The average molecular weight is 264 g/mol. The fraction of sp³-hybridized carbons (Fsp3) is 0.0833. The van der Waals surface area contributed by atoms with Crippen LogP contribution in [0.5, 0.6) is 5.88 Å². The van der Waals surface area contributed by atoms with Gasteiger partial charge in [0.15, 0.2) is 0 Å². The minimum Gasteiger partial charge on any atom is -0.492 e. The Bertz CT molecular complexity index is 546. The van der Waals surface area contributed by atoms with Gasteiger partial charge in [0.2, 0.25) is 5.88 Å². The second kappa shape index (κ2) is 6.20. The predicted molar refractivity (Wildman–Crippen MR) is 65.4 cm³/mol. The Labute approximate surface area is 108 Å². The van der Waals surface area contributed by atoms with E-state index in [0.29, 0.717) is 5.56 Å². The number of aryl methyl sites for hydroxylation is 1. The summed E-state index contributed by atoms with van der Waals surface area (Å²) in [6.07, 6.45) is 1.55. The van der Waals surface area contributed by atoms with Gasteiger partial charge in [-0.05, 0) is 30.7 Å². The van der Waals surface area contributed by atoms with Gasteiger partial charge in [0, 0.05) is 12.3 Å². The number of rotatable bonds is 2. The third kappa shape index (κ3) is 4.50. The molecule has 1 aromatic carbocycles. The van der Waals surface area contributed by atoms with Gasteiger partial charge in [-0.15, -0.1) is 5.10 Å². The van der Waals surface area contributed by atoms with Crippen LogP contribution in [-0.4, -0.2) is 37.5 Å². The van der Waals surface area contributed by atoms with E-state index in [-0.39, 0.29) is 17.0 Å². The first-order chi connectivity index (χ1) is 8.90. The Kier molecular flexibility index (Phi) is 4.64. The highest BCUT2D eigenvalue weighted by Gasteiger charge is 2.09. The molecule has 2 aromatic rings. The molecule has 0 aliphatic carbocycles. The molecule has 0 saturated carbocycles. The molecule has 2 rings (SSSR count). The molecule has 4 N–H and O–H groups in total. The molecule has 0 atom stereocenters.